The SMILES string of the molecule is C=C(COC)C(=O)Oc1ccc(-c2cc(OC/C=C/C)c(-c3ccc(OC(=O)C(=C)COC)cc3)cc2C)cc1. The van der Waals surface area contributed by atoms with Gasteiger partial charge >= 0.3 is 11.9 Å². The largest absolute Gasteiger partial charge is 0.489 e. The summed E-state index contributed by atoms with van der Waals surface area (Å²) >= 11 is 0. The Labute approximate surface area is 235 Å². The molecule has 0 atom stereocenters. The van der Waals surface area contributed by atoms with Gasteiger partial charge in [0.25, 0.3) is 0 Å². The van der Waals surface area contributed by atoms with Crippen molar-refractivity contribution in [2.75, 3.05) is 34.0 Å². The van der Waals surface area contributed by atoms with Gasteiger partial charge in [0, 0.05) is 19.8 Å². The van der Waals surface area contributed by atoms with Crippen LogP contribution in [0.15, 0.2) is 97.1 Å². The van der Waals surface area contributed by atoms with Crippen molar-refractivity contribution < 1.29 is 33.3 Å². The van der Waals surface area contributed by atoms with Gasteiger partial charge in [0.1, 0.15) is 23.9 Å². The average molecular weight is 543 g/mol. The molecular formula is C33H34O7. The molecule has 0 saturated carbocycles. The number of carbonyl (C=O) groups excluding carboxylic acids is 2. The average Bonchev–Trinajstić information content (AvgIpc) is 2.95. The Morgan fingerprint density at radius 1 is 0.750 bits per heavy atom. The predicted molar refractivity (Wildman–Crippen MR) is 156 cm³/mol. The standard InChI is InChI=1S/C33H34O7/c1-7-8-17-38-31-19-29(25-9-13-27(14-10-25)39-32(34)23(3)20-36-5)22(2)18-30(31)26-11-15-28(16-12-26)40-33(35)24(4)21-37-6/h7-16,18-19H,3-4,17,20-21H2,1-2,5-6H3/b8-7+. The molecule has 0 aromatic heterocycles. The second-order valence-corrected chi connectivity index (χ2v) is 8.94. The van der Waals surface area contributed by atoms with E-state index in [2.05, 4.69) is 19.2 Å². The van der Waals surface area contributed by atoms with Gasteiger partial charge in [0.2, 0.25) is 0 Å². The van der Waals surface area contributed by atoms with Gasteiger partial charge in [-0.3, -0.25) is 0 Å². The number of aryl methyl sites for hydroxylation is 1. The molecule has 3 aromatic carbocycles. The second-order valence-electron chi connectivity index (χ2n) is 8.94. The van der Waals surface area contributed by atoms with Crippen LogP contribution in [-0.4, -0.2) is 46.0 Å². The summed E-state index contributed by atoms with van der Waals surface area (Å²) < 4.78 is 26.8. The highest BCUT2D eigenvalue weighted by molar-refractivity contribution is 5.90. The van der Waals surface area contributed by atoms with Crippen LogP contribution in [0.1, 0.15) is 12.5 Å². The van der Waals surface area contributed by atoms with Gasteiger partial charge in [0.15, 0.2) is 0 Å². The Hall–Kier alpha value is -4.46. The first-order valence-electron chi connectivity index (χ1n) is 12.6. The molecule has 3 aromatic rings. The van der Waals surface area contributed by atoms with E-state index in [-0.39, 0.29) is 24.4 Å². The molecule has 0 aliphatic rings. The van der Waals surface area contributed by atoms with E-state index in [0.717, 1.165) is 27.8 Å². The number of methoxy groups -OCH3 is 2. The van der Waals surface area contributed by atoms with Crippen LogP contribution in [0.4, 0.5) is 0 Å². The normalized spacial score (nSPS) is 10.8. The molecule has 0 aliphatic carbocycles. The summed E-state index contributed by atoms with van der Waals surface area (Å²) in [4.78, 5) is 24.3. The van der Waals surface area contributed by atoms with Gasteiger partial charge in [-0.05, 0) is 72.5 Å². The van der Waals surface area contributed by atoms with E-state index in [4.69, 9.17) is 23.7 Å². The van der Waals surface area contributed by atoms with E-state index in [1.54, 1.807) is 24.3 Å². The minimum absolute atomic E-state index is 0.105. The van der Waals surface area contributed by atoms with Crippen molar-refractivity contribution in [1.82, 2.24) is 0 Å². The lowest BCUT2D eigenvalue weighted by Crippen LogP contribution is -2.13. The highest BCUT2D eigenvalue weighted by Gasteiger charge is 2.15. The first-order valence-corrected chi connectivity index (χ1v) is 12.6. The fraction of sp³-hybridized carbons (Fsp3) is 0.212. The van der Waals surface area contributed by atoms with E-state index >= 15 is 0 Å². The van der Waals surface area contributed by atoms with Crippen LogP contribution in [0.5, 0.6) is 17.2 Å². The van der Waals surface area contributed by atoms with E-state index in [1.807, 2.05) is 56.3 Å². The Morgan fingerprint density at radius 2 is 1.23 bits per heavy atom. The number of benzene rings is 3. The van der Waals surface area contributed by atoms with E-state index in [9.17, 15) is 9.59 Å². The summed E-state index contributed by atoms with van der Waals surface area (Å²) in [6.45, 7) is 11.9. The highest BCUT2D eigenvalue weighted by atomic mass is 16.5. The maximum Gasteiger partial charge on any atom is 0.341 e. The highest BCUT2D eigenvalue weighted by Crippen LogP contribution is 2.38. The van der Waals surface area contributed by atoms with E-state index < -0.39 is 11.9 Å². The topological polar surface area (TPSA) is 80.3 Å². The fourth-order valence-corrected chi connectivity index (χ4v) is 3.81. The van der Waals surface area contributed by atoms with Crippen molar-refractivity contribution in [3.8, 4) is 39.5 Å². The summed E-state index contributed by atoms with van der Waals surface area (Å²) in [7, 11) is 2.98. The van der Waals surface area contributed by atoms with Crippen molar-refractivity contribution in [1.29, 1.82) is 0 Å². The molecule has 40 heavy (non-hydrogen) atoms. The number of allylic oxidation sites excluding steroid dienone is 1. The molecule has 7 heteroatoms. The Bertz CT molecular complexity index is 1380. The minimum Gasteiger partial charge on any atom is -0.489 e. The molecule has 208 valence electrons. The summed E-state index contributed by atoms with van der Waals surface area (Å²) in [6.07, 6.45) is 3.86. The third kappa shape index (κ3) is 8.02. The lowest BCUT2D eigenvalue weighted by molar-refractivity contribution is -0.131. The molecule has 0 bridgehead atoms. The van der Waals surface area contributed by atoms with Gasteiger partial charge in [-0.2, -0.15) is 0 Å². The predicted octanol–water partition coefficient (Wildman–Crippen LogP) is 6.50. The summed E-state index contributed by atoms with van der Waals surface area (Å²) in [5, 5.41) is 0. The van der Waals surface area contributed by atoms with Crippen LogP contribution in [0.3, 0.4) is 0 Å². The maximum absolute atomic E-state index is 12.1. The Morgan fingerprint density at radius 3 is 1.68 bits per heavy atom. The van der Waals surface area contributed by atoms with Crippen LogP contribution < -0.4 is 14.2 Å². The number of esters is 2. The zero-order valence-corrected chi connectivity index (χ0v) is 23.3. The zero-order chi connectivity index (χ0) is 29.1. The van der Waals surface area contributed by atoms with Crippen molar-refractivity contribution >= 4 is 11.9 Å². The molecule has 0 unspecified atom stereocenters. The molecule has 0 fully saturated rings. The fourth-order valence-electron chi connectivity index (χ4n) is 3.81. The lowest BCUT2D eigenvalue weighted by Gasteiger charge is -2.16. The molecule has 0 N–H and O–H groups in total. The maximum atomic E-state index is 12.1. The van der Waals surface area contributed by atoms with Crippen molar-refractivity contribution in [3.63, 3.8) is 0 Å². The first kappa shape index (κ1) is 30.1. The smallest absolute Gasteiger partial charge is 0.341 e. The Balaban J connectivity index is 1.88. The zero-order valence-electron chi connectivity index (χ0n) is 23.3. The molecular weight excluding hydrogens is 508 g/mol. The van der Waals surface area contributed by atoms with Gasteiger partial charge < -0.3 is 23.7 Å². The van der Waals surface area contributed by atoms with Crippen molar-refractivity contribution in [2.45, 2.75) is 13.8 Å². The van der Waals surface area contributed by atoms with Crippen LogP contribution in [0.25, 0.3) is 22.3 Å². The summed E-state index contributed by atoms with van der Waals surface area (Å²) in [5.74, 6) is 0.448. The van der Waals surface area contributed by atoms with Gasteiger partial charge in [0.05, 0.1) is 24.4 Å². The van der Waals surface area contributed by atoms with Crippen LogP contribution in [-0.2, 0) is 19.1 Å². The second kappa shape index (κ2) is 14.6. The van der Waals surface area contributed by atoms with Crippen LogP contribution in [0.2, 0.25) is 0 Å². The summed E-state index contributed by atoms with van der Waals surface area (Å²) in [6, 6.07) is 18.5. The van der Waals surface area contributed by atoms with Crippen molar-refractivity contribution in [3.05, 3.63) is 103 Å². The Kier molecular flexibility index (Phi) is 11.0. The molecule has 0 spiro atoms. The van der Waals surface area contributed by atoms with Crippen LogP contribution >= 0.6 is 0 Å². The van der Waals surface area contributed by atoms with E-state index in [1.165, 1.54) is 14.2 Å². The van der Waals surface area contributed by atoms with Gasteiger partial charge in [-0.15, -0.1) is 0 Å². The molecule has 7 nitrogen and oxygen atoms in total. The van der Waals surface area contributed by atoms with Gasteiger partial charge in [-0.25, -0.2) is 9.59 Å². The van der Waals surface area contributed by atoms with E-state index in [0.29, 0.717) is 23.9 Å². The van der Waals surface area contributed by atoms with Crippen molar-refractivity contribution in [2.24, 2.45) is 0 Å². The lowest BCUT2D eigenvalue weighted by atomic mass is 9.94. The van der Waals surface area contributed by atoms with Crippen LogP contribution in [0, 0.1) is 6.92 Å². The first-order chi connectivity index (χ1) is 19.3. The van der Waals surface area contributed by atoms with Gasteiger partial charge in [-0.1, -0.05) is 49.6 Å². The minimum atomic E-state index is -0.536. The quantitative estimate of drug-likeness (QED) is 0.106. The number of hydrogen-bond donors (Lipinski definition) is 0. The monoisotopic (exact) mass is 542 g/mol. The number of carbonyl (C=O) groups is 2. The molecule has 0 aliphatic heterocycles. The third-order valence-electron chi connectivity index (χ3n) is 5.86. The number of ether oxygens (including phenoxy) is 5. The number of rotatable bonds is 13. The third-order valence-corrected chi connectivity index (χ3v) is 5.86. The number of hydrogen-bond acceptors (Lipinski definition) is 7. The molecule has 3 rings (SSSR count). The molecule has 0 amide bonds. The molecule has 0 radical (unpaired) electrons. The summed E-state index contributed by atoms with van der Waals surface area (Å²) in [5.41, 5.74) is 5.22. The molecule has 0 saturated heterocycles. The molecule has 0 heterocycles.